The Balaban J connectivity index is 2.53. The molecule has 0 amide bonds. The van der Waals surface area contributed by atoms with Gasteiger partial charge in [-0.25, -0.2) is 0 Å². The Bertz CT molecular complexity index is 276. The van der Waals surface area contributed by atoms with Gasteiger partial charge in [-0.1, -0.05) is 28.1 Å². The lowest BCUT2D eigenvalue weighted by atomic mass is 10.1. The number of rotatable bonds is 6. The Morgan fingerprint density at radius 3 is 2.60 bits per heavy atom. The summed E-state index contributed by atoms with van der Waals surface area (Å²) in [7, 11) is 1.66. The van der Waals surface area contributed by atoms with Gasteiger partial charge in [0.15, 0.2) is 0 Å². The van der Waals surface area contributed by atoms with Crippen molar-refractivity contribution in [3.8, 4) is 0 Å². The molecule has 1 aromatic carbocycles. The van der Waals surface area contributed by atoms with Crippen LogP contribution >= 0.6 is 15.9 Å². The van der Waals surface area contributed by atoms with E-state index in [1.807, 2.05) is 24.3 Å². The van der Waals surface area contributed by atoms with Crippen LogP contribution in [0.25, 0.3) is 0 Å². The molecule has 15 heavy (non-hydrogen) atoms. The second-order valence-electron chi connectivity index (χ2n) is 3.23. The summed E-state index contributed by atoms with van der Waals surface area (Å²) in [6, 6.07) is 7.90. The number of hydrogen-bond acceptors (Lipinski definition) is 3. The Hall–Kier alpha value is -0.420. The largest absolute Gasteiger partial charge is 0.394 e. The molecule has 0 radical (unpaired) electrons. The molecule has 0 aliphatic carbocycles. The van der Waals surface area contributed by atoms with Gasteiger partial charge in [0, 0.05) is 18.1 Å². The summed E-state index contributed by atoms with van der Waals surface area (Å²) in [6.45, 7) is 1.47. The van der Waals surface area contributed by atoms with Crippen molar-refractivity contribution >= 4 is 15.9 Å². The fourth-order valence-electron chi connectivity index (χ4n) is 1.32. The van der Waals surface area contributed by atoms with Gasteiger partial charge in [-0.3, -0.25) is 0 Å². The summed E-state index contributed by atoms with van der Waals surface area (Å²) in [5.74, 6) is 0. The minimum atomic E-state index is -0.0201. The van der Waals surface area contributed by atoms with Crippen LogP contribution in [-0.4, -0.2) is 32.0 Å². The van der Waals surface area contributed by atoms with Gasteiger partial charge in [-0.15, -0.1) is 0 Å². The predicted octanol–water partition coefficient (Wildman–Crippen LogP) is 1.72. The standard InChI is InChI=1S/C11H16BrNO2/c1-15-7-6-13-11(8-14)9-2-4-10(12)5-3-9/h2-5,11,13-14H,6-8H2,1H3. The number of halogens is 1. The third kappa shape index (κ3) is 4.30. The first-order valence-electron chi connectivity index (χ1n) is 4.86. The lowest BCUT2D eigenvalue weighted by molar-refractivity contribution is 0.184. The first-order valence-corrected chi connectivity index (χ1v) is 5.66. The second kappa shape index (κ2) is 6.95. The molecule has 4 heteroatoms. The van der Waals surface area contributed by atoms with Gasteiger partial charge in [0.05, 0.1) is 19.3 Å². The van der Waals surface area contributed by atoms with Crippen LogP contribution in [-0.2, 0) is 4.74 Å². The van der Waals surface area contributed by atoms with E-state index in [0.29, 0.717) is 6.61 Å². The summed E-state index contributed by atoms with van der Waals surface area (Å²) >= 11 is 3.38. The third-order valence-corrected chi connectivity index (χ3v) is 2.68. The molecule has 1 unspecified atom stereocenters. The number of nitrogens with one attached hydrogen (secondary N) is 1. The second-order valence-corrected chi connectivity index (χ2v) is 4.15. The van der Waals surface area contributed by atoms with Gasteiger partial charge in [0.2, 0.25) is 0 Å². The summed E-state index contributed by atoms with van der Waals surface area (Å²) in [4.78, 5) is 0. The molecule has 0 bridgehead atoms. The van der Waals surface area contributed by atoms with E-state index >= 15 is 0 Å². The summed E-state index contributed by atoms with van der Waals surface area (Å²) in [6.07, 6.45) is 0. The van der Waals surface area contributed by atoms with Crippen LogP contribution in [0.4, 0.5) is 0 Å². The van der Waals surface area contributed by atoms with E-state index in [4.69, 9.17) is 4.74 Å². The molecular weight excluding hydrogens is 258 g/mol. The van der Waals surface area contributed by atoms with Crippen LogP contribution in [0.3, 0.4) is 0 Å². The predicted molar refractivity (Wildman–Crippen MR) is 63.8 cm³/mol. The number of benzene rings is 1. The summed E-state index contributed by atoms with van der Waals surface area (Å²) in [5.41, 5.74) is 1.08. The normalized spacial score (nSPS) is 12.7. The van der Waals surface area contributed by atoms with Gasteiger partial charge in [-0.2, -0.15) is 0 Å². The van der Waals surface area contributed by atoms with Gasteiger partial charge >= 0.3 is 0 Å². The van der Waals surface area contributed by atoms with Gasteiger partial charge in [-0.05, 0) is 17.7 Å². The van der Waals surface area contributed by atoms with Crippen molar-refractivity contribution in [3.05, 3.63) is 34.3 Å². The van der Waals surface area contributed by atoms with Crippen molar-refractivity contribution in [1.29, 1.82) is 0 Å². The molecule has 1 atom stereocenters. The highest BCUT2D eigenvalue weighted by Crippen LogP contribution is 2.16. The molecule has 0 aromatic heterocycles. The Morgan fingerprint density at radius 2 is 2.07 bits per heavy atom. The highest BCUT2D eigenvalue weighted by molar-refractivity contribution is 9.10. The van der Waals surface area contributed by atoms with Gasteiger partial charge in [0.25, 0.3) is 0 Å². The fourth-order valence-corrected chi connectivity index (χ4v) is 1.58. The van der Waals surface area contributed by atoms with Gasteiger partial charge < -0.3 is 15.2 Å². The van der Waals surface area contributed by atoms with Crippen LogP contribution in [0.15, 0.2) is 28.7 Å². The number of aliphatic hydroxyl groups is 1. The Kier molecular flexibility index (Phi) is 5.86. The number of ether oxygens (including phenoxy) is 1. The van der Waals surface area contributed by atoms with E-state index in [-0.39, 0.29) is 12.6 Å². The van der Waals surface area contributed by atoms with Gasteiger partial charge in [0.1, 0.15) is 0 Å². The highest BCUT2D eigenvalue weighted by atomic mass is 79.9. The van der Waals surface area contributed by atoms with Crippen molar-refractivity contribution < 1.29 is 9.84 Å². The zero-order valence-corrected chi connectivity index (χ0v) is 10.3. The topological polar surface area (TPSA) is 41.5 Å². The van der Waals surface area contributed by atoms with Crippen molar-refractivity contribution in [1.82, 2.24) is 5.32 Å². The minimum Gasteiger partial charge on any atom is -0.394 e. The van der Waals surface area contributed by atoms with Crippen LogP contribution in [0, 0.1) is 0 Å². The third-order valence-electron chi connectivity index (χ3n) is 2.15. The van der Waals surface area contributed by atoms with Crippen LogP contribution < -0.4 is 5.32 Å². The van der Waals surface area contributed by atoms with E-state index in [2.05, 4.69) is 21.2 Å². The van der Waals surface area contributed by atoms with E-state index in [9.17, 15) is 5.11 Å². The van der Waals surface area contributed by atoms with Crippen molar-refractivity contribution in [2.24, 2.45) is 0 Å². The minimum absolute atomic E-state index is 0.0201. The average molecular weight is 274 g/mol. The molecule has 1 aromatic rings. The van der Waals surface area contributed by atoms with E-state index < -0.39 is 0 Å². The smallest absolute Gasteiger partial charge is 0.0626 e. The molecule has 0 aliphatic rings. The van der Waals surface area contributed by atoms with E-state index in [1.54, 1.807) is 7.11 Å². The molecule has 0 aliphatic heterocycles. The average Bonchev–Trinajstić information content (AvgIpc) is 2.26. The fraction of sp³-hybridized carbons (Fsp3) is 0.455. The number of methoxy groups -OCH3 is 1. The SMILES string of the molecule is COCCNC(CO)c1ccc(Br)cc1. The number of aliphatic hydroxyl groups excluding tert-OH is 1. The molecule has 3 nitrogen and oxygen atoms in total. The van der Waals surface area contributed by atoms with Crippen molar-refractivity contribution in [2.45, 2.75) is 6.04 Å². The Morgan fingerprint density at radius 1 is 1.40 bits per heavy atom. The molecular formula is C11H16BrNO2. The van der Waals surface area contributed by atoms with Crippen molar-refractivity contribution in [2.75, 3.05) is 26.9 Å². The molecule has 1 rings (SSSR count). The lowest BCUT2D eigenvalue weighted by Crippen LogP contribution is -2.27. The number of hydrogen-bond donors (Lipinski definition) is 2. The maximum Gasteiger partial charge on any atom is 0.0626 e. The van der Waals surface area contributed by atoms with E-state index in [0.717, 1.165) is 16.6 Å². The highest BCUT2D eigenvalue weighted by Gasteiger charge is 2.08. The Labute approximate surface area is 98.6 Å². The van der Waals surface area contributed by atoms with Crippen LogP contribution in [0.2, 0.25) is 0 Å². The molecule has 0 heterocycles. The maximum atomic E-state index is 9.23. The lowest BCUT2D eigenvalue weighted by Gasteiger charge is -2.16. The molecule has 2 N–H and O–H groups in total. The van der Waals surface area contributed by atoms with Crippen LogP contribution in [0.1, 0.15) is 11.6 Å². The quantitative estimate of drug-likeness (QED) is 0.776. The molecule has 0 saturated heterocycles. The van der Waals surface area contributed by atoms with Crippen LogP contribution in [0.5, 0.6) is 0 Å². The zero-order valence-electron chi connectivity index (χ0n) is 8.74. The molecule has 0 fully saturated rings. The molecule has 84 valence electrons. The first-order chi connectivity index (χ1) is 7.27. The van der Waals surface area contributed by atoms with Crippen molar-refractivity contribution in [3.63, 3.8) is 0 Å². The zero-order chi connectivity index (χ0) is 11.1. The summed E-state index contributed by atoms with van der Waals surface area (Å²) < 4.78 is 5.98. The van der Waals surface area contributed by atoms with E-state index in [1.165, 1.54) is 0 Å². The first kappa shape index (κ1) is 12.6. The monoisotopic (exact) mass is 273 g/mol. The molecule has 0 saturated carbocycles. The maximum absolute atomic E-state index is 9.23. The summed E-state index contributed by atoms with van der Waals surface area (Å²) in [5, 5.41) is 12.4. The molecule has 0 spiro atoms.